The van der Waals surface area contributed by atoms with E-state index in [9.17, 15) is 17.9 Å². The van der Waals surface area contributed by atoms with Crippen LogP contribution in [0.5, 0.6) is 11.5 Å². The van der Waals surface area contributed by atoms with Crippen LogP contribution in [0, 0.1) is 17.8 Å². The van der Waals surface area contributed by atoms with E-state index in [2.05, 4.69) is 4.85 Å². The molecule has 0 amide bonds. The first-order valence-corrected chi connectivity index (χ1v) is 10.3. The first kappa shape index (κ1) is 21.3. The third-order valence-electron chi connectivity index (χ3n) is 4.70. The van der Waals surface area contributed by atoms with Crippen molar-refractivity contribution in [2.24, 2.45) is 5.41 Å². The third-order valence-corrected chi connectivity index (χ3v) is 6.98. The molecule has 0 spiro atoms. The second-order valence-corrected chi connectivity index (χ2v) is 9.05. The molecule has 1 heterocycles. The Morgan fingerprint density at radius 2 is 1.97 bits per heavy atom. The van der Waals surface area contributed by atoms with Gasteiger partial charge in [-0.3, -0.25) is 0 Å². The summed E-state index contributed by atoms with van der Waals surface area (Å²) >= 11 is 6.09. The Hall–Kier alpha value is -2.38. The maximum absolute atomic E-state index is 13.7. The van der Waals surface area contributed by atoms with E-state index in [1.54, 1.807) is 0 Å². The number of aliphatic hydroxyl groups is 1. The number of benzene rings is 2. The number of hydrogen-bond acceptors (Lipinski definition) is 5. The topological polar surface area (TPSA) is 80.4 Å². The Kier molecular flexibility index (Phi) is 6.00. The van der Waals surface area contributed by atoms with Crippen LogP contribution in [0.2, 0.25) is 5.02 Å². The molecule has 1 fully saturated rings. The van der Waals surface area contributed by atoms with E-state index in [0.29, 0.717) is 5.75 Å². The zero-order valence-electron chi connectivity index (χ0n) is 15.4. The fraction of sp³-hybridized carbons (Fsp3) is 0.316. The molecule has 0 bridgehead atoms. The first-order valence-electron chi connectivity index (χ1n) is 8.49. The van der Waals surface area contributed by atoms with E-state index in [4.69, 9.17) is 27.6 Å². The molecular weight excluding hydrogens is 423 g/mol. The number of ether oxygens (including phenoxy) is 2. The van der Waals surface area contributed by atoms with E-state index in [1.807, 2.05) is 0 Å². The average molecular weight is 441 g/mol. The number of rotatable bonds is 7. The summed E-state index contributed by atoms with van der Waals surface area (Å²) < 4.78 is 51.1. The van der Waals surface area contributed by atoms with Crippen LogP contribution in [0.3, 0.4) is 0 Å². The van der Waals surface area contributed by atoms with Crippen molar-refractivity contribution in [1.82, 2.24) is 4.31 Å². The van der Waals surface area contributed by atoms with E-state index >= 15 is 0 Å². The Bertz CT molecular complexity index is 1060. The highest BCUT2D eigenvalue weighted by atomic mass is 35.5. The Labute approximate surface area is 173 Å². The number of aliphatic hydroxyl groups excluding tert-OH is 1. The molecule has 29 heavy (non-hydrogen) atoms. The van der Waals surface area contributed by atoms with Crippen LogP contribution in [-0.2, 0) is 10.0 Å². The fourth-order valence-corrected chi connectivity index (χ4v) is 5.14. The van der Waals surface area contributed by atoms with Gasteiger partial charge in [-0.05, 0) is 24.3 Å². The molecule has 0 atom stereocenters. The molecule has 1 aliphatic heterocycles. The standard InChI is InChI=1S/C19H18ClFN2O5S/c1-22-17-5-3-14(8-16(17)21)28-12-19(11-24)9-23(10-19)29(25,26)18-6-4-13(27-2)7-15(18)20/h3-8,24H,9-12H2,2H3. The van der Waals surface area contributed by atoms with Crippen molar-refractivity contribution in [2.75, 3.05) is 33.4 Å². The fourth-order valence-electron chi connectivity index (χ4n) is 2.97. The summed E-state index contributed by atoms with van der Waals surface area (Å²) in [6.07, 6.45) is 0. The Balaban J connectivity index is 1.69. The van der Waals surface area contributed by atoms with E-state index in [1.165, 1.54) is 41.7 Å². The average Bonchev–Trinajstić information content (AvgIpc) is 2.67. The van der Waals surface area contributed by atoms with Gasteiger partial charge in [-0.15, -0.1) is 0 Å². The summed E-state index contributed by atoms with van der Waals surface area (Å²) in [7, 11) is -2.40. The molecule has 3 rings (SSSR count). The molecule has 10 heteroatoms. The molecule has 1 saturated heterocycles. The van der Waals surface area contributed by atoms with Crippen molar-refractivity contribution >= 4 is 27.3 Å². The monoisotopic (exact) mass is 440 g/mol. The van der Waals surface area contributed by atoms with Crippen LogP contribution >= 0.6 is 11.6 Å². The van der Waals surface area contributed by atoms with Gasteiger partial charge in [0.15, 0.2) is 0 Å². The van der Waals surface area contributed by atoms with Crippen LogP contribution in [0.25, 0.3) is 4.85 Å². The molecule has 0 aliphatic carbocycles. The zero-order chi connectivity index (χ0) is 21.2. The quantitative estimate of drug-likeness (QED) is 0.669. The molecule has 1 aliphatic rings. The third kappa shape index (κ3) is 4.16. The first-order chi connectivity index (χ1) is 13.7. The van der Waals surface area contributed by atoms with Gasteiger partial charge in [-0.25, -0.2) is 17.7 Å². The summed E-state index contributed by atoms with van der Waals surface area (Å²) in [5.41, 5.74) is -0.937. The molecule has 2 aromatic carbocycles. The van der Waals surface area contributed by atoms with E-state index in [-0.39, 0.29) is 47.7 Å². The van der Waals surface area contributed by atoms with Crippen molar-refractivity contribution in [3.05, 3.63) is 58.7 Å². The Morgan fingerprint density at radius 3 is 2.52 bits per heavy atom. The largest absolute Gasteiger partial charge is 0.497 e. The minimum atomic E-state index is -3.85. The lowest BCUT2D eigenvalue weighted by molar-refractivity contribution is -0.0273. The molecule has 1 N–H and O–H groups in total. The maximum Gasteiger partial charge on any atom is 0.244 e. The van der Waals surface area contributed by atoms with Crippen molar-refractivity contribution in [3.8, 4) is 11.5 Å². The highest BCUT2D eigenvalue weighted by Crippen LogP contribution is 2.38. The van der Waals surface area contributed by atoms with E-state index in [0.717, 1.165) is 6.07 Å². The van der Waals surface area contributed by atoms with Crippen molar-refractivity contribution in [2.45, 2.75) is 4.90 Å². The van der Waals surface area contributed by atoms with Crippen molar-refractivity contribution in [1.29, 1.82) is 0 Å². The van der Waals surface area contributed by atoms with Gasteiger partial charge >= 0.3 is 0 Å². The molecular formula is C19H18ClFN2O5S. The molecule has 0 saturated carbocycles. The van der Waals surface area contributed by atoms with Gasteiger partial charge in [-0.1, -0.05) is 11.6 Å². The molecule has 0 unspecified atom stereocenters. The van der Waals surface area contributed by atoms with Gasteiger partial charge in [0.05, 0.1) is 37.3 Å². The van der Waals surface area contributed by atoms with Gasteiger partial charge in [-0.2, -0.15) is 4.31 Å². The lowest BCUT2D eigenvalue weighted by Gasteiger charge is -2.47. The van der Waals surface area contributed by atoms with Gasteiger partial charge < -0.3 is 14.6 Å². The van der Waals surface area contributed by atoms with E-state index < -0.39 is 21.3 Å². The highest BCUT2D eigenvalue weighted by Gasteiger charge is 2.49. The predicted molar refractivity (Wildman–Crippen MR) is 104 cm³/mol. The number of nitrogens with zero attached hydrogens (tertiary/aromatic N) is 2. The van der Waals surface area contributed by atoms with Gasteiger partial charge in [0.25, 0.3) is 0 Å². The summed E-state index contributed by atoms with van der Waals surface area (Å²) in [4.78, 5) is 2.98. The minimum absolute atomic E-state index is 0.0112. The molecule has 2 aromatic rings. The summed E-state index contributed by atoms with van der Waals surface area (Å²) in [6, 6.07) is 8.12. The maximum atomic E-state index is 13.7. The molecule has 154 valence electrons. The molecule has 0 radical (unpaired) electrons. The minimum Gasteiger partial charge on any atom is -0.497 e. The smallest absolute Gasteiger partial charge is 0.244 e. The number of methoxy groups -OCH3 is 1. The second-order valence-electron chi connectivity index (χ2n) is 6.74. The number of sulfonamides is 1. The summed E-state index contributed by atoms with van der Waals surface area (Å²) in [5.74, 6) is -0.0723. The molecule has 7 nitrogen and oxygen atoms in total. The van der Waals surface area contributed by atoms with Crippen molar-refractivity contribution < 1.29 is 27.4 Å². The SMILES string of the molecule is [C-]#[N+]c1ccc(OCC2(CO)CN(S(=O)(=O)c3ccc(OC)cc3Cl)C2)cc1F. The van der Waals surface area contributed by atoms with Gasteiger partial charge in [0, 0.05) is 25.2 Å². The highest BCUT2D eigenvalue weighted by molar-refractivity contribution is 7.89. The second kappa shape index (κ2) is 8.16. The van der Waals surface area contributed by atoms with Crippen LogP contribution < -0.4 is 9.47 Å². The Morgan fingerprint density at radius 1 is 1.28 bits per heavy atom. The number of halogens is 2. The number of hydrogen-bond donors (Lipinski definition) is 1. The van der Waals surface area contributed by atoms with Crippen LogP contribution in [0.1, 0.15) is 0 Å². The van der Waals surface area contributed by atoms with Crippen LogP contribution in [-0.4, -0.2) is 51.2 Å². The molecule has 0 aromatic heterocycles. The van der Waals surface area contributed by atoms with Crippen LogP contribution in [0.15, 0.2) is 41.3 Å². The summed E-state index contributed by atoms with van der Waals surface area (Å²) in [5, 5.41) is 9.81. The lowest BCUT2D eigenvalue weighted by Crippen LogP contribution is -2.62. The predicted octanol–water partition coefficient (Wildman–Crippen LogP) is 3.10. The normalized spacial score (nSPS) is 16.0. The lowest BCUT2D eigenvalue weighted by atomic mass is 9.83. The van der Waals surface area contributed by atoms with Crippen LogP contribution in [0.4, 0.5) is 10.1 Å². The zero-order valence-corrected chi connectivity index (χ0v) is 17.0. The van der Waals surface area contributed by atoms with Crippen molar-refractivity contribution in [3.63, 3.8) is 0 Å². The summed E-state index contributed by atoms with van der Waals surface area (Å²) in [6.45, 7) is 6.58. The van der Waals surface area contributed by atoms with Gasteiger partial charge in [0.2, 0.25) is 15.7 Å². The van der Waals surface area contributed by atoms with Gasteiger partial charge in [0.1, 0.15) is 22.2 Å².